The van der Waals surface area contributed by atoms with Crippen LogP contribution in [0.25, 0.3) is 0 Å². The third-order valence-electron chi connectivity index (χ3n) is 2.57. The van der Waals surface area contributed by atoms with E-state index in [9.17, 15) is 10.1 Å². The topological polar surface area (TPSA) is 61.6 Å². The average molecular weight is 302 g/mol. The Bertz CT molecular complexity index is 418. The Kier molecular flexibility index (Phi) is 3.96. The molecule has 0 saturated carbocycles. The molecule has 0 aromatic heterocycles. The van der Waals surface area contributed by atoms with Crippen molar-refractivity contribution in [2.75, 3.05) is 13.2 Å². The van der Waals surface area contributed by atoms with Crippen molar-refractivity contribution in [2.45, 2.75) is 18.9 Å². The van der Waals surface area contributed by atoms with Gasteiger partial charge in [0.25, 0.3) is 0 Å². The summed E-state index contributed by atoms with van der Waals surface area (Å²) < 4.78 is 11.5. The molecule has 0 spiro atoms. The highest BCUT2D eigenvalue weighted by Crippen LogP contribution is 2.30. The predicted molar refractivity (Wildman–Crippen MR) is 65.3 cm³/mol. The summed E-state index contributed by atoms with van der Waals surface area (Å²) in [4.78, 5) is 10.4. The first-order valence-electron chi connectivity index (χ1n) is 5.35. The first-order chi connectivity index (χ1) is 8.16. The molecule has 5 nitrogen and oxygen atoms in total. The summed E-state index contributed by atoms with van der Waals surface area (Å²) >= 11 is 3.20. The molecule has 1 saturated heterocycles. The Balaban J connectivity index is 2.06. The molecule has 1 fully saturated rings. The van der Waals surface area contributed by atoms with E-state index in [-0.39, 0.29) is 17.5 Å². The van der Waals surface area contributed by atoms with Crippen molar-refractivity contribution in [3.63, 3.8) is 0 Å². The molecule has 1 atom stereocenters. The maximum Gasteiger partial charge on any atom is 0.312 e. The maximum absolute atomic E-state index is 10.8. The Morgan fingerprint density at radius 2 is 2.41 bits per heavy atom. The smallest absolute Gasteiger partial charge is 0.312 e. The fourth-order valence-electron chi connectivity index (χ4n) is 1.71. The van der Waals surface area contributed by atoms with Crippen LogP contribution in [0.3, 0.4) is 0 Å². The third kappa shape index (κ3) is 3.17. The van der Waals surface area contributed by atoms with E-state index >= 15 is 0 Å². The molecule has 6 heteroatoms. The minimum absolute atomic E-state index is 0.0302. The third-order valence-corrected chi connectivity index (χ3v) is 3.06. The number of nitro benzene ring substituents is 1. The average Bonchev–Trinajstić information content (AvgIpc) is 2.80. The zero-order valence-electron chi connectivity index (χ0n) is 9.10. The summed E-state index contributed by atoms with van der Waals surface area (Å²) in [5, 5.41) is 10.8. The van der Waals surface area contributed by atoms with Crippen LogP contribution in [0.5, 0.6) is 5.75 Å². The van der Waals surface area contributed by atoms with Crippen LogP contribution >= 0.6 is 15.9 Å². The van der Waals surface area contributed by atoms with Crippen molar-refractivity contribution in [2.24, 2.45) is 0 Å². The Morgan fingerprint density at radius 1 is 1.59 bits per heavy atom. The van der Waals surface area contributed by atoms with Crippen LogP contribution in [-0.4, -0.2) is 24.2 Å². The second kappa shape index (κ2) is 5.46. The molecule has 0 amide bonds. The Labute approximate surface area is 107 Å². The first-order valence-corrected chi connectivity index (χ1v) is 6.14. The first kappa shape index (κ1) is 12.3. The summed E-state index contributed by atoms with van der Waals surface area (Å²) in [5.74, 6) is 0.286. The van der Waals surface area contributed by atoms with Crippen LogP contribution in [-0.2, 0) is 4.74 Å². The highest BCUT2D eigenvalue weighted by molar-refractivity contribution is 9.10. The van der Waals surface area contributed by atoms with Crippen molar-refractivity contribution < 1.29 is 14.4 Å². The van der Waals surface area contributed by atoms with Gasteiger partial charge in [0.05, 0.1) is 11.0 Å². The lowest BCUT2D eigenvalue weighted by Crippen LogP contribution is -2.16. The molecule has 0 radical (unpaired) electrons. The second-order valence-corrected chi connectivity index (χ2v) is 4.73. The molecule has 1 unspecified atom stereocenters. The fraction of sp³-hybridized carbons (Fsp3) is 0.455. The molecule has 1 aromatic rings. The quantitative estimate of drug-likeness (QED) is 0.634. The second-order valence-electron chi connectivity index (χ2n) is 3.82. The van der Waals surface area contributed by atoms with Crippen LogP contribution in [0.15, 0.2) is 22.7 Å². The van der Waals surface area contributed by atoms with Gasteiger partial charge in [0, 0.05) is 17.1 Å². The van der Waals surface area contributed by atoms with Crippen molar-refractivity contribution in [1.29, 1.82) is 0 Å². The Morgan fingerprint density at radius 3 is 3.06 bits per heavy atom. The van der Waals surface area contributed by atoms with Crippen LogP contribution in [0.2, 0.25) is 0 Å². The number of nitrogens with zero attached hydrogens (tertiary/aromatic N) is 1. The zero-order chi connectivity index (χ0) is 12.3. The number of hydrogen-bond acceptors (Lipinski definition) is 4. The van der Waals surface area contributed by atoms with Crippen LogP contribution < -0.4 is 4.74 Å². The number of ether oxygens (including phenoxy) is 2. The molecule has 1 aromatic carbocycles. The lowest BCUT2D eigenvalue weighted by molar-refractivity contribution is -0.386. The molecule has 17 heavy (non-hydrogen) atoms. The van der Waals surface area contributed by atoms with Gasteiger partial charge in [-0.25, -0.2) is 0 Å². The maximum atomic E-state index is 10.8. The minimum Gasteiger partial charge on any atom is -0.484 e. The molecule has 0 aliphatic carbocycles. The van der Waals surface area contributed by atoms with Crippen molar-refractivity contribution in [1.82, 2.24) is 0 Å². The van der Waals surface area contributed by atoms with Gasteiger partial charge in [0.15, 0.2) is 5.75 Å². The highest BCUT2D eigenvalue weighted by atomic mass is 79.9. The van der Waals surface area contributed by atoms with Gasteiger partial charge >= 0.3 is 5.69 Å². The van der Waals surface area contributed by atoms with Crippen molar-refractivity contribution in [3.8, 4) is 5.75 Å². The molecule has 0 bridgehead atoms. The van der Waals surface area contributed by atoms with E-state index in [0.29, 0.717) is 11.1 Å². The van der Waals surface area contributed by atoms with Crippen molar-refractivity contribution >= 4 is 21.6 Å². The van der Waals surface area contributed by atoms with E-state index in [1.807, 2.05) is 0 Å². The lowest BCUT2D eigenvalue weighted by Gasteiger charge is -2.11. The monoisotopic (exact) mass is 301 g/mol. The van der Waals surface area contributed by atoms with E-state index < -0.39 is 4.92 Å². The normalized spacial score (nSPS) is 19.2. The van der Waals surface area contributed by atoms with Crippen LogP contribution in [0.4, 0.5) is 5.69 Å². The Hall–Kier alpha value is -1.14. The van der Waals surface area contributed by atoms with Gasteiger partial charge in [-0.3, -0.25) is 10.1 Å². The van der Waals surface area contributed by atoms with E-state index in [1.165, 1.54) is 6.07 Å². The van der Waals surface area contributed by atoms with Gasteiger partial charge in [-0.05, 0) is 25.0 Å². The summed E-state index contributed by atoms with van der Waals surface area (Å²) in [5.41, 5.74) is -0.0302. The SMILES string of the molecule is O=[N+]([O-])c1cc(Br)ccc1OCC1CCCO1. The number of rotatable bonds is 4. The van der Waals surface area contributed by atoms with Gasteiger partial charge in [-0.1, -0.05) is 15.9 Å². The van der Waals surface area contributed by atoms with Gasteiger partial charge < -0.3 is 9.47 Å². The number of hydrogen-bond donors (Lipinski definition) is 0. The highest BCUT2D eigenvalue weighted by Gasteiger charge is 2.20. The number of nitro groups is 1. The molecule has 1 heterocycles. The summed E-state index contributed by atoms with van der Waals surface area (Å²) in [7, 11) is 0. The lowest BCUT2D eigenvalue weighted by atomic mass is 10.2. The van der Waals surface area contributed by atoms with Gasteiger partial charge in [0.1, 0.15) is 6.61 Å². The molecule has 1 aliphatic rings. The van der Waals surface area contributed by atoms with Crippen LogP contribution in [0, 0.1) is 10.1 Å². The largest absolute Gasteiger partial charge is 0.484 e. The zero-order valence-corrected chi connectivity index (χ0v) is 10.7. The fourth-order valence-corrected chi connectivity index (χ4v) is 2.06. The molecular weight excluding hydrogens is 290 g/mol. The summed E-state index contributed by atoms with van der Waals surface area (Å²) in [6.07, 6.45) is 2.03. The molecule has 1 aliphatic heterocycles. The number of benzene rings is 1. The number of halogens is 1. The van der Waals surface area contributed by atoms with Crippen LogP contribution in [0.1, 0.15) is 12.8 Å². The van der Waals surface area contributed by atoms with E-state index in [1.54, 1.807) is 12.1 Å². The predicted octanol–water partition coefficient (Wildman–Crippen LogP) is 2.92. The van der Waals surface area contributed by atoms with E-state index in [0.717, 1.165) is 19.4 Å². The van der Waals surface area contributed by atoms with Crippen molar-refractivity contribution in [3.05, 3.63) is 32.8 Å². The van der Waals surface area contributed by atoms with E-state index in [4.69, 9.17) is 9.47 Å². The molecule has 92 valence electrons. The standard InChI is InChI=1S/C11H12BrNO4/c12-8-3-4-11(10(6-8)13(14)15)17-7-9-2-1-5-16-9/h3-4,6,9H,1-2,5,7H2. The summed E-state index contributed by atoms with van der Waals surface area (Å²) in [6, 6.07) is 4.75. The van der Waals surface area contributed by atoms with Gasteiger partial charge in [-0.2, -0.15) is 0 Å². The summed E-state index contributed by atoms with van der Waals surface area (Å²) in [6.45, 7) is 1.11. The molecule has 0 N–H and O–H groups in total. The van der Waals surface area contributed by atoms with E-state index in [2.05, 4.69) is 15.9 Å². The minimum atomic E-state index is -0.449. The molecular formula is C11H12BrNO4. The van der Waals surface area contributed by atoms with Gasteiger partial charge in [0.2, 0.25) is 0 Å². The molecule has 2 rings (SSSR count). The van der Waals surface area contributed by atoms with Gasteiger partial charge in [-0.15, -0.1) is 0 Å².